The van der Waals surface area contributed by atoms with Gasteiger partial charge in [0.15, 0.2) is 0 Å². The molecule has 4 unspecified atom stereocenters. The summed E-state index contributed by atoms with van der Waals surface area (Å²) in [6.45, 7) is 4.49. The molecule has 17 heavy (non-hydrogen) atoms. The number of hydrogen-bond donors (Lipinski definition) is 1. The van der Waals surface area contributed by atoms with Crippen molar-refractivity contribution in [1.29, 1.82) is 0 Å². The molecule has 2 rings (SSSR count). The van der Waals surface area contributed by atoms with Gasteiger partial charge in [-0.3, -0.25) is 0 Å². The fourth-order valence-corrected chi connectivity index (χ4v) is 5.08. The maximum absolute atomic E-state index is 10.4. The van der Waals surface area contributed by atoms with Crippen molar-refractivity contribution in [2.24, 2.45) is 0 Å². The SMILES string of the molecule is CC1SCC(C(O)c2cccc(Cl)c2)SC1C. The zero-order valence-electron chi connectivity index (χ0n) is 9.97. The second-order valence-electron chi connectivity index (χ2n) is 4.42. The van der Waals surface area contributed by atoms with Crippen LogP contribution in [-0.4, -0.2) is 26.6 Å². The van der Waals surface area contributed by atoms with Crippen molar-refractivity contribution in [3.63, 3.8) is 0 Å². The quantitative estimate of drug-likeness (QED) is 0.888. The van der Waals surface area contributed by atoms with E-state index in [1.807, 2.05) is 47.8 Å². The third-order valence-electron chi connectivity index (χ3n) is 3.12. The Morgan fingerprint density at radius 1 is 1.35 bits per heavy atom. The second kappa shape index (κ2) is 5.87. The molecule has 0 saturated carbocycles. The lowest BCUT2D eigenvalue weighted by molar-refractivity contribution is 0.180. The first kappa shape index (κ1) is 13.6. The molecule has 0 aromatic heterocycles. The van der Waals surface area contributed by atoms with Gasteiger partial charge in [-0.05, 0) is 17.7 Å². The molecule has 0 radical (unpaired) electrons. The highest BCUT2D eigenvalue weighted by molar-refractivity contribution is 8.07. The molecule has 1 heterocycles. The van der Waals surface area contributed by atoms with Crippen LogP contribution in [0.1, 0.15) is 25.5 Å². The number of halogens is 1. The lowest BCUT2D eigenvalue weighted by Gasteiger charge is -2.34. The molecule has 0 bridgehead atoms. The van der Waals surface area contributed by atoms with E-state index >= 15 is 0 Å². The van der Waals surface area contributed by atoms with Crippen LogP contribution in [0.15, 0.2) is 24.3 Å². The van der Waals surface area contributed by atoms with Crippen LogP contribution in [0, 0.1) is 0 Å². The van der Waals surface area contributed by atoms with Gasteiger partial charge in [-0.15, -0.1) is 0 Å². The van der Waals surface area contributed by atoms with Gasteiger partial charge in [0.1, 0.15) is 0 Å². The first-order valence-corrected chi connectivity index (χ1v) is 8.15. The minimum atomic E-state index is -0.416. The zero-order chi connectivity index (χ0) is 12.4. The lowest BCUT2D eigenvalue weighted by atomic mass is 10.1. The Hall–Kier alpha value is 0.170. The van der Waals surface area contributed by atoms with E-state index in [0.717, 1.165) is 11.3 Å². The Morgan fingerprint density at radius 3 is 2.76 bits per heavy atom. The molecule has 94 valence electrons. The molecule has 4 heteroatoms. The van der Waals surface area contributed by atoms with Crippen LogP contribution in [0.25, 0.3) is 0 Å². The topological polar surface area (TPSA) is 20.2 Å². The Labute approximate surface area is 116 Å². The Balaban J connectivity index is 2.07. The lowest BCUT2D eigenvalue weighted by Crippen LogP contribution is -2.30. The van der Waals surface area contributed by atoms with Crippen LogP contribution in [0.5, 0.6) is 0 Å². The number of rotatable bonds is 2. The third kappa shape index (κ3) is 3.34. The van der Waals surface area contributed by atoms with Crippen LogP contribution >= 0.6 is 35.1 Å². The van der Waals surface area contributed by atoms with Gasteiger partial charge in [-0.25, -0.2) is 0 Å². The Kier molecular flexibility index (Phi) is 4.70. The average molecular weight is 289 g/mol. The molecule has 1 aliphatic rings. The van der Waals surface area contributed by atoms with Crippen molar-refractivity contribution >= 4 is 35.1 Å². The zero-order valence-corrected chi connectivity index (χ0v) is 12.4. The summed E-state index contributed by atoms with van der Waals surface area (Å²) in [6, 6.07) is 7.55. The minimum Gasteiger partial charge on any atom is -0.387 e. The van der Waals surface area contributed by atoms with Gasteiger partial charge in [-0.1, -0.05) is 37.6 Å². The highest BCUT2D eigenvalue weighted by atomic mass is 35.5. The van der Waals surface area contributed by atoms with E-state index < -0.39 is 6.10 Å². The largest absolute Gasteiger partial charge is 0.387 e. The van der Waals surface area contributed by atoms with Gasteiger partial charge in [0.2, 0.25) is 0 Å². The molecule has 1 saturated heterocycles. The summed E-state index contributed by atoms with van der Waals surface area (Å²) in [7, 11) is 0. The van der Waals surface area contributed by atoms with Crippen molar-refractivity contribution < 1.29 is 5.11 Å². The normalized spacial score (nSPS) is 31.2. The molecular formula is C13H17ClOS2. The monoisotopic (exact) mass is 288 g/mol. The second-order valence-corrected chi connectivity index (χ2v) is 7.89. The smallest absolute Gasteiger partial charge is 0.0917 e. The Bertz CT molecular complexity index is 385. The molecule has 0 amide bonds. The van der Waals surface area contributed by atoms with Crippen LogP contribution in [0.4, 0.5) is 0 Å². The fraction of sp³-hybridized carbons (Fsp3) is 0.538. The van der Waals surface area contributed by atoms with E-state index in [1.54, 1.807) is 0 Å². The van der Waals surface area contributed by atoms with Crippen molar-refractivity contribution in [2.75, 3.05) is 5.75 Å². The van der Waals surface area contributed by atoms with Crippen LogP contribution in [0.2, 0.25) is 5.02 Å². The van der Waals surface area contributed by atoms with Gasteiger partial charge >= 0.3 is 0 Å². The van der Waals surface area contributed by atoms with Crippen LogP contribution in [-0.2, 0) is 0 Å². The summed E-state index contributed by atoms with van der Waals surface area (Å²) >= 11 is 9.79. The maximum atomic E-state index is 10.4. The maximum Gasteiger partial charge on any atom is 0.0917 e. The van der Waals surface area contributed by atoms with E-state index in [4.69, 9.17) is 11.6 Å². The predicted molar refractivity (Wildman–Crippen MR) is 79.2 cm³/mol. The number of thioether (sulfide) groups is 2. The molecule has 1 aliphatic heterocycles. The molecular weight excluding hydrogens is 272 g/mol. The van der Waals surface area contributed by atoms with Crippen LogP contribution < -0.4 is 0 Å². The molecule has 1 fully saturated rings. The first-order valence-electron chi connectivity index (χ1n) is 5.78. The molecule has 0 spiro atoms. The van der Waals surface area contributed by atoms with E-state index in [1.165, 1.54) is 0 Å². The highest BCUT2D eigenvalue weighted by Crippen LogP contribution is 2.41. The number of aliphatic hydroxyl groups excluding tert-OH is 1. The fourth-order valence-electron chi connectivity index (χ4n) is 1.88. The number of aliphatic hydroxyl groups is 1. The van der Waals surface area contributed by atoms with E-state index in [9.17, 15) is 5.11 Å². The highest BCUT2D eigenvalue weighted by Gasteiger charge is 2.31. The summed E-state index contributed by atoms with van der Waals surface area (Å²) in [4.78, 5) is 0. The first-order chi connectivity index (χ1) is 8.08. The van der Waals surface area contributed by atoms with E-state index in [0.29, 0.717) is 15.5 Å². The van der Waals surface area contributed by atoms with Crippen LogP contribution in [0.3, 0.4) is 0 Å². The number of hydrogen-bond acceptors (Lipinski definition) is 3. The molecule has 0 aliphatic carbocycles. The predicted octanol–water partition coefficient (Wildman–Crippen LogP) is 4.00. The summed E-state index contributed by atoms with van der Waals surface area (Å²) < 4.78 is 0. The Morgan fingerprint density at radius 2 is 2.12 bits per heavy atom. The van der Waals surface area contributed by atoms with Crippen molar-refractivity contribution in [3.05, 3.63) is 34.9 Å². The molecule has 1 nitrogen and oxygen atoms in total. The van der Waals surface area contributed by atoms with Crippen molar-refractivity contribution in [3.8, 4) is 0 Å². The van der Waals surface area contributed by atoms with E-state index in [-0.39, 0.29) is 5.25 Å². The molecule has 1 N–H and O–H groups in total. The molecule has 1 aromatic carbocycles. The van der Waals surface area contributed by atoms with Crippen molar-refractivity contribution in [2.45, 2.75) is 35.7 Å². The average Bonchev–Trinajstić information content (AvgIpc) is 2.32. The van der Waals surface area contributed by atoms with Gasteiger partial charge < -0.3 is 5.11 Å². The van der Waals surface area contributed by atoms with Gasteiger partial charge in [-0.2, -0.15) is 23.5 Å². The minimum absolute atomic E-state index is 0.268. The summed E-state index contributed by atoms with van der Waals surface area (Å²) in [5.41, 5.74) is 0.928. The van der Waals surface area contributed by atoms with Gasteiger partial charge in [0, 0.05) is 26.5 Å². The molecule has 4 atom stereocenters. The molecule has 1 aromatic rings. The summed E-state index contributed by atoms with van der Waals surface area (Å²) in [5, 5.41) is 12.6. The number of benzene rings is 1. The third-order valence-corrected chi connectivity index (χ3v) is 6.83. The standard InChI is InChI=1S/C13H17ClOS2/c1-8-9(2)17-12(7-16-8)13(15)10-4-3-5-11(14)6-10/h3-6,8-9,12-13,15H,7H2,1-2H3. The van der Waals surface area contributed by atoms with Gasteiger partial charge in [0.25, 0.3) is 0 Å². The summed E-state index contributed by atoms with van der Waals surface area (Å²) in [5.74, 6) is 1.00. The van der Waals surface area contributed by atoms with Crippen molar-refractivity contribution in [1.82, 2.24) is 0 Å². The summed E-state index contributed by atoms with van der Waals surface area (Å²) in [6.07, 6.45) is -0.416. The van der Waals surface area contributed by atoms with E-state index in [2.05, 4.69) is 13.8 Å². The van der Waals surface area contributed by atoms with Gasteiger partial charge in [0.05, 0.1) is 6.10 Å².